The van der Waals surface area contributed by atoms with Gasteiger partial charge in [0.15, 0.2) is 0 Å². The smallest absolute Gasteiger partial charge is 0.309 e. The van der Waals surface area contributed by atoms with Gasteiger partial charge in [0, 0.05) is 0 Å². The summed E-state index contributed by atoms with van der Waals surface area (Å²) in [4.78, 5) is 23.3. The first-order valence-electron chi connectivity index (χ1n) is 6.85. The molecule has 0 aromatic heterocycles. The lowest BCUT2D eigenvalue weighted by Gasteiger charge is -2.12. The Kier molecular flexibility index (Phi) is 6.77. The van der Waals surface area contributed by atoms with Gasteiger partial charge in [-0.05, 0) is 11.5 Å². The fourth-order valence-electron chi connectivity index (χ4n) is 1.52. The monoisotopic (exact) mass is 278 g/mol. The lowest BCUT2D eigenvalue weighted by atomic mass is 10.1. The molecule has 0 saturated carbocycles. The maximum atomic E-state index is 11.8. The molecule has 0 heterocycles. The SMILES string of the molecule is CC(C)COC(=O)CC(C)C(=O)OCc1ccccc1. The fourth-order valence-corrected chi connectivity index (χ4v) is 1.52. The Morgan fingerprint density at radius 3 is 2.30 bits per heavy atom. The second-order valence-corrected chi connectivity index (χ2v) is 5.28. The van der Waals surface area contributed by atoms with E-state index in [9.17, 15) is 9.59 Å². The summed E-state index contributed by atoms with van der Waals surface area (Å²) >= 11 is 0. The third-order valence-corrected chi connectivity index (χ3v) is 2.68. The minimum Gasteiger partial charge on any atom is -0.465 e. The van der Waals surface area contributed by atoms with E-state index in [0.717, 1.165) is 5.56 Å². The molecule has 0 saturated heterocycles. The molecular weight excluding hydrogens is 256 g/mol. The van der Waals surface area contributed by atoms with Crippen LogP contribution in [0.4, 0.5) is 0 Å². The molecule has 20 heavy (non-hydrogen) atoms. The van der Waals surface area contributed by atoms with E-state index in [1.54, 1.807) is 6.92 Å². The average Bonchev–Trinajstić information content (AvgIpc) is 2.43. The molecule has 1 rings (SSSR count). The van der Waals surface area contributed by atoms with Crippen molar-refractivity contribution in [2.75, 3.05) is 6.61 Å². The van der Waals surface area contributed by atoms with Crippen LogP contribution in [0.25, 0.3) is 0 Å². The number of carbonyl (C=O) groups is 2. The van der Waals surface area contributed by atoms with Crippen LogP contribution in [0.15, 0.2) is 30.3 Å². The Morgan fingerprint density at radius 1 is 1.05 bits per heavy atom. The molecule has 0 amide bonds. The number of hydrogen-bond acceptors (Lipinski definition) is 4. The zero-order valence-corrected chi connectivity index (χ0v) is 12.3. The van der Waals surface area contributed by atoms with Crippen molar-refractivity contribution in [3.05, 3.63) is 35.9 Å². The molecule has 1 atom stereocenters. The number of ether oxygens (including phenoxy) is 2. The second-order valence-electron chi connectivity index (χ2n) is 5.28. The van der Waals surface area contributed by atoms with Gasteiger partial charge < -0.3 is 9.47 Å². The quantitative estimate of drug-likeness (QED) is 0.720. The lowest BCUT2D eigenvalue weighted by Crippen LogP contribution is -2.20. The van der Waals surface area contributed by atoms with Crippen LogP contribution >= 0.6 is 0 Å². The first-order valence-corrected chi connectivity index (χ1v) is 6.85. The van der Waals surface area contributed by atoms with Crippen molar-refractivity contribution < 1.29 is 19.1 Å². The predicted octanol–water partition coefficient (Wildman–Crippen LogP) is 2.96. The second kappa shape index (κ2) is 8.35. The Labute approximate surface area is 120 Å². The minimum absolute atomic E-state index is 0.0559. The van der Waals surface area contributed by atoms with Gasteiger partial charge in [0.2, 0.25) is 0 Å². The summed E-state index contributed by atoms with van der Waals surface area (Å²) in [6.07, 6.45) is 0.0559. The molecule has 0 spiro atoms. The van der Waals surface area contributed by atoms with Crippen LogP contribution in [0.2, 0.25) is 0 Å². The summed E-state index contributed by atoms with van der Waals surface area (Å²) in [6, 6.07) is 9.44. The van der Waals surface area contributed by atoms with Crippen molar-refractivity contribution in [3.8, 4) is 0 Å². The van der Waals surface area contributed by atoms with Gasteiger partial charge in [0.1, 0.15) is 6.61 Å². The minimum atomic E-state index is -0.488. The van der Waals surface area contributed by atoms with Crippen LogP contribution < -0.4 is 0 Å². The Bertz CT molecular complexity index is 425. The molecule has 1 aromatic rings. The van der Waals surface area contributed by atoms with Crippen LogP contribution in [-0.4, -0.2) is 18.5 Å². The molecular formula is C16H22O4. The molecule has 1 aromatic carbocycles. The van der Waals surface area contributed by atoms with Crippen LogP contribution in [0.1, 0.15) is 32.8 Å². The summed E-state index contributed by atoms with van der Waals surface area (Å²) in [5.41, 5.74) is 0.926. The van der Waals surface area contributed by atoms with E-state index >= 15 is 0 Å². The molecule has 0 aliphatic heterocycles. The fraction of sp³-hybridized carbons (Fsp3) is 0.500. The van der Waals surface area contributed by atoms with Gasteiger partial charge in [0.05, 0.1) is 18.9 Å². The van der Waals surface area contributed by atoms with E-state index in [4.69, 9.17) is 9.47 Å². The highest BCUT2D eigenvalue weighted by atomic mass is 16.5. The Morgan fingerprint density at radius 2 is 1.70 bits per heavy atom. The van der Waals surface area contributed by atoms with Crippen molar-refractivity contribution in [1.29, 1.82) is 0 Å². The highest BCUT2D eigenvalue weighted by Gasteiger charge is 2.19. The third kappa shape index (κ3) is 6.36. The van der Waals surface area contributed by atoms with E-state index in [0.29, 0.717) is 12.5 Å². The maximum absolute atomic E-state index is 11.8. The van der Waals surface area contributed by atoms with Crippen molar-refractivity contribution in [3.63, 3.8) is 0 Å². The van der Waals surface area contributed by atoms with E-state index in [1.165, 1.54) is 0 Å². The molecule has 1 unspecified atom stereocenters. The lowest BCUT2D eigenvalue weighted by molar-refractivity contribution is -0.155. The standard InChI is InChI=1S/C16H22O4/c1-12(2)10-19-15(17)9-13(3)16(18)20-11-14-7-5-4-6-8-14/h4-8,12-13H,9-11H2,1-3H3. The maximum Gasteiger partial charge on any atom is 0.309 e. The van der Waals surface area contributed by atoms with E-state index in [2.05, 4.69) is 0 Å². The summed E-state index contributed by atoms with van der Waals surface area (Å²) in [5, 5.41) is 0. The molecule has 110 valence electrons. The van der Waals surface area contributed by atoms with Gasteiger partial charge in [-0.1, -0.05) is 51.1 Å². The van der Waals surface area contributed by atoms with Crippen molar-refractivity contribution in [2.45, 2.75) is 33.8 Å². The van der Waals surface area contributed by atoms with Crippen molar-refractivity contribution in [2.24, 2.45) is 11.8 Å². The number of esters is 2. The van der Waals surface area contributed by atoms with Crippen LogP contribution in [0.5, 0.6) is 0 Å². The highest BCUT2D eigenvalue weighted by Crippen LogP contribution is 2.09. The summed E-state index contributed by atoms with van der Waals surface area (Å²) in [7, 11) is 0. The number of benzene rings is 1. The molecule has 4 nitrogen and oxygen atoms in total. The van der Waals surface area contributed by atoms with Crippen LogP contribution in [0, 0.1) is 11.8 Å². The summed E-state index contributed by atoms with van der Waals surface area (Å²) < 4.78 is 10.2. The zero-order chi connectivity index (χ0) is 15.0. The van der Waals surface area contributed by atoms with Crippen molar-refractivity contribution in [1.82, 2.24) is 0 Å². The Hall–Kier alpha value is -1.84. The first-order chi connectivity index (χ1) is 9.49. The summed E-state index contributed by atoms with van der Waals surface area (Å²) in [5.74, 6) is -0.934. The highest BCUT2D eigenvalue weighted by molar-refractivity contribution is 5.79. The molecule has 0 bridgehead atoms. The average molecular weight is 278 g/mol. The van der Waals surface area contributed by atoms with Crippen LogP contribution in [0.3, 0.4) is 0 Å². The zero-order valence-electron chi connectivity index (χ0n) is 12.3. The molecule has 0 N–H and O–H groups in total. The van der Waals surface area contributed by atoms with E-state index in [1.807, 2.05) is 44.2 Å². The molecule has 0 radical (unpaired) electrons. The van der Waals surface area contributed by atoms with E-state index < -0.39 is 5.92 Å². The number of rotatable bonds is 7. The van der Waals surface area contributed by atoms with Gasteiger partial charge in [-0.15, -0.1) is 0 Å². The predicted molar refractivity (Wildman–Crippen MR) is 75.8 cm³/mol. The molecule has 0 fully saturated rings. The van der Waals surface area contributed by atoms with Gasteiger partial charge in [-0.25, -0.2) is 0 Å². The van der Waals surface area contributed by atoms with E-state index in [-0.39, 0.29) is 25.0 Å². The van der Waals surface area contributed by atoms with Gasteiger partial charge in [0.25, 0.3) is 0 Å². The van der Waals surface area contributed by atoms with Gasteiger partial charge >= 0.3 is 11.9 Å². The third-order valence-electron chi connectivity index (χ3n) is 2.68. The Balaban J connectivity index is 2.30. The first kappa shape index (κ1) is 16.2. The van der Waals surface area contributed by atoms with Crippen molar-refractivity contribution >= 4 is 11.9 Å². The number of carbonyl (C=O) groups excluding carboxylic acids is 2. The van der Waals surface area contributed by atoms with Crippen LogP contribution in [-0.2, 0) is 25.7 Å². The normalized spacial score (nSPS) is 12.0. The largest absolute Gasteiger partial charge is 0.465 e. The van der Waals surface area contributed by atoms with Gasteiger partial charge in [-0.3, -0.25) is 9.59 Å². The summed E-state index contributed by atoms with van der Waals surface area (Å²) in [6.45, 7) is 6.20. The molecule has 4 heteroatoms. The topological polar surface area (TPSA) is 52.6 Å². The van der Waals surface area contributed by atoms with Gasteiger partial charge in [-0.2, -0.15) is 0 Å². The molecule has 0 aliphatic rings. The number of hydrogen-bond donors (Lipinski definition) is 0. The molecule has 0 aliphatic carbocycles.